The molecule has 0 saturated heterocycles. The fourth-order valence-electron chi connectivity index (χ4n) is 4.24. The van der Waals surface area contributed by atoms with Crippen molar-refractivity contribution in [1.82, 2.24) is 9.55 Å². The largest absolute Gasteiger partial charge is 0.449 e. The summed E-state index contributed by atoms with van der Waals surface area (Å²) in [5, 5.41) is 2.66. The number of aryl methyl sites for hydroxylation is 1. The van der Waals surface area contributed by atoms with Crippen LogP contribution in [0.5, 0.6) is 0 Å². The first kappa shape index (κ1) is 23.1. The van der Waals surface area contributed by atoms with Crippen LogP contribution in [0.25, 0.3) is 44.3 Å². The quantitative estimate of drug-likeness (QED) is 0.194. The Kier molecular flexibility index (Phi) is 6.27. The highest BCUT2D eigenvalue weighted by molar-refractivity contribution is 14.1. The van der Waals surface area contributed by atoms with Crippen molar-refractivity contribution < 1.29 is 9.53 Å². The Labute approximate surface area is 220 Å². The van der Waals surface area contributed by atoms with Crippen LogP contribution in [0.15, 0.2) is 66.7 Å². The van der Waals surface area contributed by atoms with Crippen LogP contribution in [0.2, 0.25) is 10.0 Å². The van der Waals surface area contributed by atoms with Gasteiger partial charge in [0.1, 0.15) is 0 Å². The molecule has 5 rings (SSSR count). The average Bonchev–Trinajstić information content (AvgIpc) is 3.15. The van der Waals surface area contributed by atoms with E-state index in [2.05, 4.69) is 28.7 Å². The smallest absolute Gasteiger partial charge is 0.420 e. The van der Waals surface area contributed by atoms with Gasteiger partial charge in [-0.25, -0.2) is 14.3 Å². The standard InChI is InChI=1S/C27H19Cl2IN2O2/c1-3-34-27(33)32-20-13-12-15(2)14-18(20)22-21(17-10-7-11-19(28)23(17)29)24(30)25(31-26(22)32)16-8-5-4-6-9-16/h4-14H,3H2,1-2H3. The Morgan fingerprint density at radius 2 is 1.82 bits per heavy atom. The number of carbonyl (C=O) groups excluding carboxylic acids is 1. The first-order valence-corrected chi connectivity index (χ1v) is 12.6. The van der Waals surface area contributed by atoms with Crippen molar-refractivity contribution in [2.45, 2.75) is 13.8 Å². The Bertz CT molecular complexity index is 1580. The number of aromatic nitrogens is 2. The Morgan fingerprint density at radius 1 is 1.06 bits per heavy atom. The van der Waals surface area contributed by atoms with Crippen LogP contribution in [0.1, 0.15) is 12.5 Å². The van der Waals surface area contributed by atoms with E-state index in [-0.39, 0.29) is 6.61 Å². The summed E-state index contributed by atoms with van der Waals surface area (Å²) in [4.78, 5) is 18.2. The van der Waals surface area contributed by atoms with Gasteiger partial charge in [-0.15, -0.1) is 0 Å². The van der Waals surface area contributed by atoms with Gasteiger partial charge in [0.05, 0.1) is 27.9 Å². The molecule has 5 aromatic rings. The molecule has 0 fully saturated rings. The van der Waals surface area contributed by atoms with Gasteiger partial charge in [0.15, 0.2) is 5.65 Å². The second kappa shape index (κ2) is 9.21. The first-order chi connectivity index (χ1) is 16.4. The van der Waals surface area contributed by atoms with E-state index < -0.39 is 6.09 Å². The van der Waals surface area contributed by atoms with Crippen molar-refractivity contribution in [1.29, 1.82) is 0 Å². The summed E-state index contributed by atoms with van der Waals surface area (Å²) in [5.41, 5.74) is 5.68. The summed E-state index contributed by atoms with van der Waals surface area (Å²) in [6.45, 7) is 4.07. The van der Waals surface area contributed by atoms with Crippen LogP contribution >= 0.6 is 45.8 Å². The number of rotatable bonds is 3. The van der Waals surface area contributed by atoms with Gasteiger partial charge in [-0.3, -0.25) is 0 Å². The summed E-state index contributed by atoms with van der Waals surface area (Å²) in [6, 6.07) is 21.5. The molecule has 34 heavy (non-hydrogen) atoms. The Hall–Kier alpha value is -2.61. The molecule has 0 amide bonds. The van der Waals surface area contributed by atoms with Gasteiger partial charge in [0, 0.05) is 31.0 Å². The second-order valence-electron chi connectivity index (χ2n) is 7.87. The fraction of sp³-hybridized carbons (Fsp3) is 0.111. The minimum Gasteiger partial charge on any atom is -0.449 e. The van der Waals surface area contributed by atoms with E-state index in [1.54, 1.807) is 17.6 Å². The van der Waals surface area contributed by atoms with E-state index in [0.29, 0.717) is 15.7 Å². The number of benzene rings is 3. The van der Waals surface area contributed by atoms with E-state index in [0.717, 1.165) is 47.8 Å². The van der Waals surface area contributed by atoms with Crippen molar-refractivity contribution >= 4 is 73.8 Å². The number of pyridine rings is 1. The summed E-state index contributed by atoms with van der Waals surface area (Å²) in [6.07, 6.45) is -0.470. The van der Waals surface area contributed by atoms with Gasteiger partial charge in [-0.05, 0) is 54.6 Å². The predicted molar refractivity (Wildman–Crippen MR) is 148 cm³/mol. The van der Waals surface area contributed by atoms with Gasteiger partial charge in [0.25, 0.3) is 0 Å². The third-order valence-electron chi connectivity index (χ3n) is 5.71. The lowest BCUT2D eigenvalue weighted by atomic mass is 9.98. The van der Waals surface area contributed by atoms with Gasteiger partial charge in [-0.1, -0.05) is 77.3 Å². The maximum atomic E-state index is 13.2. The highest BCUT2D eigenvalue weighted by Crippen LogP contribution is 2.45. The maximum absolute atomic E-state index is 13.2. The molecule has 3 aromatic carbocycles. The van der Waals surface area contributed by atoms with Gasteiger partial charge in [-0.2, -0.15) is 0 Å². The number of hydrogen-bond acceptors (Lipinski definition) is 3. The molecule has 0 aliphatic heterocycles. The van der Waals surface area contributed by atoms with E-state index in [1.807, 2.05) is 61.5 Å². The molecule has 0 saturated carbocycles. The molecule has 0 spiro atoms. The van der Waals surface area contributed by atoms with Crippen molar-refractivity contribution in [3.05, 3.63) is 85.9 Å². The number of carbonyl (C=O) groups is 1. The second-order valence-corrected chi connectivity index (χ2v) is 9.73. The van der Waals surface area contributed by atoms with Crippen LogP contribution in [0, 0.1) is 10.5 Å². The van der Waals surface area contributed by atoms with Crippen molar-refractivity contribution in [2.75, 3.05) is 6.61 Å². The van der Waals surface area contributed by atoms with Crippen molar-refractivity contribution in [3.63, 3.8) is 0 Å². The molecule has 0 radical (unpaired) electrons. The zero-order valence-corrected chi connectivity index (χ0v) is 22.1. The number of fused-ring (bicyclic) bond motifs is 3. The molecule has 7 heteroatoms. The van der Waals surface area contributed by atoms with E-state index in [9.17, 15) is 4.79 Å². The molecule has 170 valence electrons. The first-order valence-electron chi connectivity index (χ1n) is 10.7. The lowest BCUT2D eigenvalue weighted by Crippen LogP contribution is -2.14. The highest BCUT2D eigenvalue weighted by atomic mass is 127. The predicted octanol–water partition coefficient (Wildman–Crippen LogP) is 8.75. The molecule has 0 atom stereocenters. The molecule has 4 nitrogen and oxygen atoms in total. The van der Waals surface area contributed by atoms with Gasteiger partial charge in [0.2, 0.25) is 0 Å². The summed E-state index contributed by atoms with van der Waals surface area (Å²) in [5.74, 6) is 0. The van der Waals surface area contributed by atoms with Crippen LogP contribution in [0.4, 0.5) is 4.79 Å². The number of ether oxygens (including phenoxy) is 1. The van der Waals surface area contributed by atoms with Gasteiger partial charge < -0.3 is 4.74 Å². The summed E-state index contributed by atoms with van der Waals surface area (Å²) < 4.78 is 7.91. The lowest BCUT2D eigenvalue weighted by Gasteiger charge is -2.15. The molecule has 0 bridgehead atoms. The lowest BCUT2D eigenvalue weighted by molar-refractivity contribution is 0.156. The molecule has 0 N–H and O–H groups in total. The van der Waals surface area contributed by atoms with E-state index in [4.69, 9.17) is 32.9 Å². The summed E-state index contributed by atoms with van der Waals surface area (Å²) in [7, 11) is 0. The number of hydrogen-bond donors (Lipinski definition) is 0. The highest BCUT2D eigenvalue weighted by Gasteiger charge is 2.26. The zero-order valence-electron chi connectivity index (χ0n) is 18.4. The molecule has 2 heterocycles. The minimum atomic E-state index is -0.470. The van der Waals surface area contributed by atoms with Crippen molar-refractivity contribution in [2.24, 2.45) is 0 Å². The SMILES string of the molecule is CCOC(=O)n1c2ccc(C)cc2c2c(-c3cccc(Cl)c3Cl)c(I)c(-c3ccccc3)nc21. The van der Waals surface area contributed by atoms with Crippen molar-refractivity contribution in [3.8, 4) is 22.4 Å². The number of halogens is 3. The molecule has 0 aliphatic carbocycles. The van der Waals surface area contributed by atoms with E-state index >= 15 is 0 Å². The van der Waals surface area contributed by atoms with Crippen LogP contribution in [-0.2, 0) is 4.74 Å². The summed E-state index contributed by atoms with van der Waals surface area (Å²) >= 11 is 15.5. The van der Waals surface area contributed by atoms with Gasteiger partial charge >= 0.3 is 6.09 Å². The topological polar surface area (TPSA) is 44.1 Å². The maximum Gasteiger partial charge on any atom is 0.420 e. The zero-order chi connectivity index (χ0) is 24.0. The van der Waals surface area contributed by atoms with Crippen LogP contribution in [0.3, 0.4) is 0 Å². The third kappa shape index (κ3) is 3.76. The Balaban J connectivity index is 2.04. The molecule has 2 aromatic heterocycles. The number of nitrogens with zero attached hydrogens (tertiary/aromatic N) is 2. The molecular weight excluding hydrogens is 582 g/mol. The molecule has 0 unspecified atom stereocenters. The normalized spacial score (nSPS) is 11.3. The monoisotopic (exact) mass is 600 g/mol. The third-order valence-corrected chi connectivity index (χ3v) is 7.58. The molecule has 0 aliphatic rings. The molecular formula is C27H19Cl2IN2O2. The van der Waals surface area contributed by atoms with Crippen LogP contribution < -0.4 is 0 Å². The Morgan fingerprint density at radius 3 is 2.56 bits per heavy atom. The fourth-order valence-corrected chi connectivity index (χ4v) is 5.62. The van der Waals surface area contributed by atoms with Crippen LogP contribution in [-0.4, -0.2) is 22.3 Å². The minimum absolute atomic E-state index is 0.259. The van der Waals surface area contributed by atoms with E-state index in [1.165, 1.54) is 0 Å². The average molecular weight is 601 g/mol.